The van der Waals surface area contributed by atoms with Gasteiger partial charge in [0.2, 0.25) is 5.88 Å². The lowest BCUT2D eigenvalue weighted by atomic mass is 10.3. The van der Waals surface area contributed by atoms with Gasteiger partial charge in [-0.15, -0.1) is 11.6 Å². The Labute approximate surface area is 128 Å². The molecule has 2 aromatic rings. The molecule has 94 valence electrons. The minimum atomic E-state index is 0.296. The van der Waals surface area contributed by atoms with E-state index in [0.29, 0.717) is 27.6 Å². The molecule has 0 unspecified atom stereocenters. The van der Waals surface area contributed by atoms with Gasteiger partial charge in [-0.05, 0) is 23.8 Å². The summed E-state index contributed by atoms with van der Waals surface area (Å²) in [6.45, 7) is 0. The van der Waals surface area contributed by atoms with Crippen LogP contribution < -0.4 is 4.74 Å². The zero-order chi connectivity index (χ0) is 13.1. The van der Waals surface area contributed by atoms with Gasteiger partial charge in [0.15, 0.2) is 0 Å². The number of benzene rings is 1. The normalized spacial score (nSPS) is 10.4. The molecule has 1 heterocycles. The molecule has 0 aliphatic carbocycles. The molecule has 1 aromatic carbocycles. The summed E-state index contributed by atoms with van der Waals surface area (Å²) in [5.41, 5.74) is 0.759. The molecule has 0 radical (unpaired) electrons. The van der Waals surface area contributed by atoms with E-state index in [9.17, 15) is 0 Å². The zero-order valence-corrected chi connectivity index (χ0v) is 12.8. The summed E-state index contributed by atoms with van der Waals surface area (Å²) in [5.74, 6) is 1.21. The quantitative estimate of drug-likeness (QED) is 0.651. The van der Waals surface area contributed by atoms with Crippen molar-refractivity contribution in [1.29, 1.82) is 0 Å². The first-order chi connectivity index (χ1) is 8.60. The Bertz CT molecular complexity index is 577. The molecule has 2 rings (SSSR count). The van der Waals surface area contributed by atoms with Crippen LogP contribution in [-0.4, -0.2) is 4.98 Å². The van der Waals surface area contributed by atoms with Crippen molar-refractivity contribution in [2.24, 2.45) is 0 Å². The highest BCUT2D eigenvalue weighted by Crippen LogP contribution is 2.32. The number of hydrogen-bond acceptors (Lipinski definition) is 2. The Balaban J connectivity index is 2.31. The Kier molecular flexibility index (Phi) is 4.73. The summed E-state index contributed by atoms with van der Waals surface area (Å²) in [4.78, 5) is 4.07. The van der Waals surface area contributed by atoms with E-state index in [2.05, 4.69) is 20.9 Å². The third-order valence-electron chi connectivity index (χ3n) is 2.16. The van der Waals surface area contributed by atoms with E-state index >= 15 is 0 Å². The molecule has 6 heteroatoms. The molecule has 0 saturated carbocycles. The van der Waals surface area contributed by atoms with Crippen molar-refractivity contribution in [1.82, 2.24) is 4.98 Å². The smallest absolute Gasteiger partial charge is 0.219 e. The molecule has 0 fully saturated rings. The topological polar surface area (TPSA) is 22.1 Å². The van der Waals surface area contributed by atoms with Gasteiger partial charge in [0.25, 0.3) is 0 Å². The van der Waals surface area contributed by atoms with Gasteiger partial charge in [-0.2, -0.15) is 0 Å². The van der Waals surface area contributed by atoms with Crippen molar-refractivity contribution in [2.75, 3.05) is 0 Å². The number of rotatable bonds is 3. The first-order valence-corrected chi connectivity index (χ1v) is 7.02. The second-order valence-corrected chi connectivity index (χ2v) is 5.42. The van der Waals surface area contributed by atoms with E-state index in [1.54, 1.807) is 18.2 Å². The first kappa shape index (κ1) is 13.9. The fourth-order valence-corrected chi connectivity index (χ4v) is 2.24. The average molecular weight is 367 g/mol. The maximum atomic E-state index is 6.03. The minimum Gasteiger partial charge on any atom is -0.437 e. The average Bonchev–Trinajstić information content (AvgIpc) is 2.36. The Morgan fingerprint density at radius 1 is 1.17 bits per heavy atom. The van der Waals surface area contributed by atoms with Gasteiger partial charge in [-0.3, -0.25) is 0 Å². The second-order valence-electron chi connectivity index (χ2n) is 3.42. The van der Waals surface area contributed by atoms with Crippen molar-refractivity contribution >= 4 is 50.7 Å². The van der Waals surface area contributed by atoms with E-state index in [-0.39, 0.29) is 0 Å². The maximum absolute atomic E-state index is 6.03. The number of ether oxygens (including phenoxy) is 1. The van der Waals surface area contributed by atoms with Crippen LogP contribution >= 0.6 is 50.7 Å². The molecule has 0 spiro atoms. The van der Waals surface area contributed by atoms with Gasteiger partial charge < -0.3 is 4.74 Å². The third kappa shape index (κ3) is 3.29. The van der Waals surface area contributed by atoms with Crippen LogP contribution in [0.15, 0.2) is 34.9 Å². The molecule has 1 aromatic heterocycles. The number of hydrogen-bond donors (Lipinski definition) is 0. The van der Waals surface area contributed by atoms with Crippen molar-refractivity contribution in [3.8, 4) is 11.6 Å². The third-order valence-corrected chi connectivity index (χ3v) is 3.60. The van der Waals surface area contributed by atoms with Crippen LogP contribution in [0, 0.1) is 0 Å². The molecule has 0 saturated heterocycles. The highest BCUT2D eigenvalue weighted by atomic mass is 79.9. The van der Waals surface area contributed by atoms with E-state index in [1.165, 1.54) is 6.20 Å². The molecular weight excluding hydrogens is 360 g/mol. The summed E-state index contributed by atoms with van der Waals surface area (Å²) in [6, 6.07) is 7.01. The Morgan fingerprint density at radius 2 is 1.94 bits per heavy atom. The molecule has 0 aliphatic rings. The van der Waals surface area contributed by atoms with E-state index in [4.69, 9.17) is 39.5 Å². The lowest BCUT2D eigenvalue weighted by Crippen LogP contribution is -1.91. The summed E-state index contributed by atoms with van der Waals surface area (Å²) in [7, 11) is 0. The van der Waals surface area contributed by atoms with Gasteiger partial charge in [0, 0.05) is 22.6 Å². The number of nitrogens with zero attached hydrogens (tertiary/aromatic N) is 1. The van der Waals surface area contributed by atoms with Crippen molar-refractivity contribution < 1.29 is 4.74 Å². The standard InChI is InChI=1S/C12H7BrCl3NO/c13-8-1-2-9(15)11(4-8)18-12-3-7(5-14)10(16)6-17-12/h1-4,6H,5H2. The molecule has 0 aliphatic heterocycles. The first-order valence-electron chi connectivity index (χ1n) is 4.93. The highest BCUT2D eigenvalue weighted by Gasteiger charge is 2.07. The number of halogens is 4. The molecule has 0 bridgehead atoms. The molecule has 0 atom stereocenters. The van der Waals surface area contributed by atoms with Crippen LogP contribution in [0.4, 0.5) is 0 Å². The minimum absolute atomic E-state index is 0.296. The van der Waals surface area contributed by atoms with Crippen molar-refractivity contribution in [3.05, 3.63) is 50.5 Å². The lowest BCUT2D eigenvalue weighted by Gasteiger charge is -2.08. The van der Waals surface area contributed by atoms with Gasteiger partial charge in [0.05, 0.1) is 10.0 Å². The van der Waals surface area contributed by atoms with Crippen LogP contribution in [0.2, 0.25) is 10.0 Å². The lowest BCUT2D eigenvalue weighted by molar-refractivity contribution is 0.462. The van der Waals surface area contributed by atoms with E-state index in [0.717, 1.165) is 10.0 Å². The van der Waals surface area contributed by atoms with Crippen molar-refractivity contribution in [3.63, 3.8) is 0 Å². The fraction of sp³-hybridized carbons (Fsp3) is 0.0833. The Hall–Kier alpha value is -0.480. The van der Waals surface area contributed by atoms with Gasteiger partial charge in [-0.25, -0.2) is 4.98 Å². The molecule has 0 N–H and O–H groups in total. The predicted molar refractivity (Wildman–Crippen MR) is 78.0 cm³/mol. The van der Waals surface area contributed by atoms with Crippen LogP contribution in [0.3, 0.4) is 0 Å². The molecular formula is C12H7BrCl3NO. The number of alkyl halides is 1. The monoisotopic (exact) mass is 365 g/mol. The van der Waals surface area contributed by atoms with E-state index < -0.39 is 0 Å². The van der Waals surface area contributed by atoms with Crippen LogP contribution in [0.25, 0.3) is 0 Å². The summed E-state index contributed by atoms with van der Waals surface area (Å²) in [6.07, 6.45) is 1.50. The maximum Gasteiger partial charge on any atom is 0.219 e. The molecule has 0 amide bonds. The fourth-order valence-electron chi connectivity index (χ4n) is 1.28. The van der Waals surface area contributed by atoms with Crippen LogP contribution in [-0.2, 0) is 5.88 Å². The molecule has 2 nitrogen and oxygen atoms in total. The summed E-state index contributed by atoms with van der Waals surface area (Å²) >= 11 is 21.1. The number of pyridine rings is 1. The van der Waals surface area contributed by atoms with Gasteiger partial charge in [0.1, 0.15) is 5.75 Å². The zero-order valence-electron chi connectivity index (χ0n) is 8.96. The van der Waals surface area contributed by atoms with Crippen LogP contribution in [0.1, 0.15) is 5.56 Å². The molecule has 18 heavy (non-hydrogen) atoms. The predicted octanol–water partition coefficient (Wildman–Crippen LogP) is 5.68. The number of aromatic nitrogens is 1. The SMILES string of the molecule is ClCc1cc(Oc2cc(Br)ccc2Cl)ncc1Cl. The summed E-state index contributed by atoms with van der Waals surface area (Å²) < 4.78 is 6.47. The van der Waals surface area contributed by atoms with Crippen LogP contribution in [0.5, 0.6) is 11.6 Å². The largest absolute Gasteiger partial charge is 0.437 e. The van der Waals surface area contributed by atoms with Crippen molar-refractivity contribution in [2.45, 2.75) is 5.88 Å². The second kappa shape index (κ2) is 6.11. The van der Waals surface area contributed by atoms with Gasteiger partial charge in [-0.1, -0.05) is 39.1 Å². The summed E-state index contributed by atoms with van der Waals surface area (Å²) in [5, 5.41) is 1.01. The van der Waals surface area contributed by atoms with E-state index in [1.807, 2.05) is 6.07 Å². The highest BCUT2D eigenvalue weighted by molar-refractivity contribution is 9.10. The van der Waals surface area contributed by atoms with Gasteiger partial charge >= 0.3 is 0 Å². The Morgan fingerprint density at radius 3 is 2.67 bits per heavy atom.